The third kappa shape index (κ3) is 7.88. The van der Waals surface area contributed by atoms with Crippen LogP contribution in [0.25, 0.3) is 0 Å². The number of anilines is 1. The number of unbranched alkanes of at least 4 members (excludes halogenated alkanes) is 3. The quantitative estimate of drug-likeness (QED) is 0.214. The van der Waals surface area contributed by atoms with Gasteiger partial charge in [0.2, 0.25) is 5.91 Å². The van der Waals surface area contributed by atoms with Crippen LogP contribution in [0.2, 0.25) is 0 Å². The lowest BCUT2D eigenvalue weighted by Crippen LogP contribution is -2.32. The molecule has 1 aromatic carbocycles. The number of nitrogens with zero attached hydrogens (tertiary/aromatic N) is 1. The van der Waals surface area contributed by atoms with Gasteiger partial charge in [-0.3, -0.25) is 4.79 Å². The first kappa shape index (κ1) is 27.8. The first-order chi connectivity index (χ1) is 17.8. The maximum atomic E-state index is 12.7. The van der Waals surface area contributed by atoms with Crippen molar-refractivity contribution >= 4 is 28.9 Å². The molecule has 2 aliphatic heterocycles. The van der Waals surface area contributed by atoms with Crippen LogP contribution in [0.15, 0.2) is 36.4 Å². The number of hydrogen-bond acceptors (Lipinski definition) is 6. The van der Waals surface area contributed by atoms with E-state index in [9.17, 15) is 9.59 Å². The van der Waals surface area contributed by atoms with Crippen molar-refractivity contribution in [3.05, 3.63) is 51.7 Å². The van der Waals surface area contributed by atoms with E-state index in [0.717, 1.165) is 42.7 Å². The molecule has 0 N–H and O–H groups in total. The van der Waals surface area contributed by atoms with Crippen molar-refractivity contribution in [1.82, 2.24) is 0 Å². The van der Waals surface area contributed by atoms with Gasteiger partial charge in [0, 0.05) is 23.0 Å². The Kier molecular flexibility index (Phi) is 9.79. The third-order valence-electron chi connectivity index (χ3n) is 7.15. The molecule has 1 amide bonds. The summed E-state index contributed by atoms with van der Waals surface area (Å²) >= 11 is 1.49. The first-order valence-corrected chi connectivity index (χ1v) is 14.6. The highest BCUT2D eigenvalue weighted by Crippen LogP contribution is 2.31. The number of rotatable bonds is 13. The van der Waals surface area contributed by atoms with Crippen LogP contribution < -0.4 is 4.90 Å². The van der Waals surface area contributed by atoms with E-state index in [4.69, 9.17) is 14.2 Å². The highest BCUT2D eigenvalue weighted by atomic mass is 32.1. The summed E-state index contributed by atoms with van der Waals surface area (Å²) in [7, 11) is 0. The summed E-state index contributed by atoms with van der Waals surface area (Å²) in [5, 5.41) is 0. The Hall–Kier alpha value is -2.22. The fourth-order valence-electron chi connectivity index (χ4n) is 5.17. The number of aryl methyl sites for hydroxylation is 2. The van der Waals surface area contributed by atoms with Crippen molar-refractivity contribution in [3.63, 3.8) is 0 Å². The number of hydrogen-bond donors (Lipinski definition) is 0. The number of esters is 1. The molecule has 0 unspecified atom stereocenters. The predicted molar refractivity (Wildman–Crippen MR) is 147 cm³/mol. The number of benzene rings is 1. The molecule has 2 aliphatic rings. The molecule has 3 heterocycles. The van der Waals surface area contributed by atoms with E-state index in [0.29, 0.717) is 17.9 Å². The molecule has 7 heteroatoms. The molecule has 202 valence electrons. The minimum atomic E-state index is -0.621. The van der Waals surface area contributed by atoms with Gasteiger partial charge >= 0.3 is 5.97 Å². The van der Waals surface area contributed by atoms with Gasteiger partial charge in [-0.15, -0.1) is 11.3 Å². The van der Waals surface area contributed by atoms with Crippen LogP contribution in [-0.4, -0.2) is 43.0 Å². The Labute approximate surface area is 225 Å². The van der Waals surface area contributed by atoms with Crippen LogP contribution >= 0.6 is 11.3 Å². The highest BCUT2D eigenvalue weighted by molar-refractivity contribution is 7.13. The topological polar surface area (TPSA) is 65.1 Å². The van der Waals surface area contributed by atoms with Gasteiger partial charge in [-0.05, 0) is 82.2 Å². The minimum absolute atomic E-state index is 0.195. The zero-order chi connectivity index (χ0) is 26.3. The number of ether oxygens (including phenoxy) is 3. The third-order valence-corrected chi connectivity index (χ3v) is 8.27. The Morgan fingerprint density at radius 1 is 1.08 bits per heavy atom. The molecule has 0 aliphatic carbocycles. The zero-order valence-corrected chi connectivity index (χ0v) is 23.3. The molecule has 0 radical (unpaired) electrons. The molecule has 2 saturated heterocycles. The second-order valence-corrected chi connectivity index (χ2v) is 11.8. The van der Waals surface area contributed by atoms with Crippen LogP contribution in [0.3, 0.4) is 0 Å². The van der Waals surface area contributed by atoms with Crippen LogP contribution in [0.5, 0.6) is 0 Å². The fraction of sp³-hybridized carbons (Fsp3) is 0.600. The molecule has 0 saturated carbocycles. The SMILES string of the molecule is CCCCCCc1ccc(N2C(=O)CC[C@@H]2CCCc2ccc(C(=O)OC[C@H]3COC(C)(C)O3)s2)cc1. The molecular weight excluding hydrogens is 486 g/mol. The molecule has 1 aromatic heterocycles. The Bertz CT molecular complexity index is 1030. The van der Waals surface area contributed by atoms with Crippen molar-refractivity contribution in [2.75, 3.05) is 18.1 Å². The van der Waals surface area contributed by atoms with Crippen molar-refractivity contribution in [2.45, 2.75) is 103 Å². The summed E-state index contributed by atoms with van der Waals surface area (Å²) in [6.07, 6.45) is 10.3. The summed E-state index contributed by atoms with van der Waals surface area (Å²) < 4.78 is 16.7. The monoisotopic (exact) mass is 527 g/mol. The Morgan fingerprint density at radius 3 is 2.62 bits per heavy atom. The largest absolute Gasteiger partial charge is 0.459 e. The van der Waals surface area contributed by atoms with Gasteiger partial charge in [0.1, 0.15) is 17.6 Å². The van der Waals surface area contributed by atoms with E-state index in [-0.39, 0.29) is 30.6 Å². The Balaban J connectivity index is 1.22. The van der Waals surface area contributed by atoms with Gasteiger partial charge in [0.15, 0.2) is 5.79 Å². The molecule has 37 heavy (non-hydrogen) atoms. The number of amides is 1. The summed E-state index contributed by atoms with van der Waals surface area (Å²) in [5.41, 5.74) is 2.37. The molecule has 6 nitrogen and oxygen atoms in total. The van der Waals surface area contributed by atoms with Crippen LogP contribution in [0, 0.1) is 0 Å². The first-order valence-electron chi connectivity index (χ1n) is 13.8. The normalized spacial score (nSPS) is 21.1. The van der Waals surface area contributed by atoms with E-state index in [1.54, 1.807) is 0 Å². The van der Waals surface area contributed by atoms with Gasteiger partial charge in [-0.2, -0.15) is 0 Å². The van der Waals surface area contributed by atoms with Gasteiger partial charge < -0.3 is 19.1 Å². The van der Waals surface area contributed by atoms with Crippen molar-refractivity contribution in [1.29, 1.82) is 0 Å². The smallest absolute Gasteiger partial charge is 0.348 e. The molecule has 0 spiro atoms. The molecular formula is C30H41NO5S. The minimum Gasteiger partial charge on any atom is -0.459 e. The van der Waals surface area contributed by atoms with E-state index in [2.05, 4.69) is 31.2 Å². The second kappa shape index (κ2) is 13.0. The highest BCUT2D eigenvalue weighted by Gasteiger charge is 2.34. The van der Waals surface area contributed by atoms with Gasteiger partial charge in [-0.25, -0.2) is 4.79 Å². The van der Waals surface area contributed by atoms with Crippen LogP contribution in [0.4, 0.5) is 5.69 Å². The summed E-state index contributed by atoms with van der Waals surface area (Å²) in [6.45, 7) is 6.57. The maximum Gasteiger partial charge on any atom is 0.348 e. The van der Waals surface area contributed by atoms with E-state index in [1.165, 1.54) is 42.6 Å². The standard InChI is InChI=1S/C30H41NO5S/c1-4-5-6-7-9-22-12-14-24(15-13-22)31-23(16-19-28(31)32)10-8-11-26-17-18-27(37-26)29(33)34-20-25-21-35-30(2,3)36-25/h12-15,17-18,23,25H,4-11,16,19-21H2,1-3H3/t23-,25-/m0/s1. The molecule has 2 fully saturated rings. The summed E-state index contributed by atoms with van der Waals surface area (Å²) in [4.78, 5) is 28.9. The lowest BCUT2D eigenvalue weighted by molar-refractivity contribution is -0.142. The van der Waals surface area contributed by atoms with Crippen molar-refractivity contribution in [2.24, 2.45) is 0 Å². The second-order valence-electron chi connectivity index (χ2n) is 10.6. The van der Waals surface area contributed by atoms with Gasteiger partial charge in [0.05, 0.1) is 6.61 Å². The Morgan fingerprint density at radius 2 is 1.89 bits per heavy atom. The van der Waals surface area contributed by atoms with Crippen molar-refractivity contribution in [3.8, 4) is 0 Å². The number of thiophene rings is 1. The average molecular weight is 528 g/mol. The summed E-state index contributed by atoms with van der Waals surface area (Å²) in [6, 6.07) is 12.7. The molecule has 0 bridgehead atoms. The lowest BCUT2D eigenvalue weighted by Gasteiger charge is -2.25. The predicted octanol–water partition coefficient (Wildman–Crippen LogP) is 6.70. The fourth-order valence-corrected chi connectivity index (χ4v) is 6.11. The average Bonchev–Trinajstić information content (AvgIpc) is 3.59. The maximum absolute atomic E-state index is 12.7. The number of carbonyl (C=O) groups is 2. The lowest BCUT2D eigenvalue weighted by atomic mass is 10.0. The van der Waals surface area contributed by atoms with E-state index < -0.39 is 5.79 Å². The molecule has 4 rings (SSSR count). The van der Waals surface area contributed by atoms with Gasteiger partial charge in [-0.1, -0.05) is 38.3 Å². The van der Waals surface area contributed by atoms with Crippen molar-refractivity contribution < 1.29 is 23.8 Å². The molecule has 2 aromatic rings. The van der Waals surface area contributed by atoms with E-state index >= 15 is 0 Å². The van der Waals surface area contributed by atoms with Gasteiger partial charge in [0.25, 0.3) is 0 Å². The van der Waals surface area contributed by atoms with E-state index in [1.807, 2.05) is 30.9 Å². The van der Waals surface area contributed by atoms with Crippen LogP contribution in [0.1, 0.15) is 92.3 Å². The molecule has 2 atom stereocenters. The van der Waals surface area contributed by atoms with Crippen LogP contribution in [-0.2, 0) is 31.8 Å². The number of carbonyl (C=O) groups excluding carboxylic acids is 2. The summed E-state index contributed by atoms with van der Waals surface area (Å²) in [5.74, 6) is -0.711. The zero-order valence-electron chi connectivity index (χ0n) is 22.5.